The second kappa shape index (κ2) is 7.18. The Balaban J connectivity index is 1.28. The van der Waals surface area contributed by atoms with Crippen molar-refractivity contribution in [2.45, 2.75) is 62.8 Å². The van der Waals surface area contributed by atoms with Gasteiger partial charge in [0.1, 0.15) is 11.4 Å². The van der Waals surface area contributed by atoms with Crippen molar-refractivity contribution in [1.82, 2.24) is 19.8 Å². The minimum atomic E-state index is -0.426. The Kier molecular flexibility index (Phi) is 4.70. The highest BCUT2D eigenvalue weighted by Gasteiger charge is 2.47. The number of amides is 1. The SMILES string of the molecule is O=C(NCC1CC1)[C@@H]1Cn2ccnc2C2(CCN(C3CCOCC3)CC2)O1. The summed E-state index contributed by atoms with van der Waals surface area (Å²) in [5.41, 5.74) is -0.426. The van der Waals surface area contributed by atoms with Crippen LogP contribution >= 0.6 is 0 Å². The second-order valence-corrected chi connectivity index (χ2v) is 8.57. The van der Waals surface area contributed by atoms with E-state index < -0.39 is 11.7 Å². The van der Waals surface area contributed by atoms with Crippen LogP contribution in [0.5, 0.6) is 0 Å². The number of nitrogens with one attached hydrogen (secondary N) is 1. The average Bonchev–Trinajstić information content (AvgIpc) is 3.42. The summed E-state index contributed by atoms with van der Waals surface area (Å²) in [6.07, 6.45) is 9.93. The third kappa shape index (κ3) is 3.52. The first-order valence-electron chi connectivity index (χ1n) is 10.5. The fraction of sp³-hybridized carbons (Fsp3) is 0.800. The third-order valence-corrected chi connectivity index (χ3v) is 6.72. The van der Waals surface area contributed by atoms with E-state index >= 15 is 0 Å². The van der Waals surface area contributed by atoms with Crippen LogP contribution in [-0.2, 0) is 26.4 Å². The maximum absolute atomic E-state index is 12.7. The molecule has 0 radical (unpaired) electrons. The van der Waals surface area contributed by atoms with Crippen molar-refractivity contribution in [2.24, 2.45) is 5.92 Å². The van der Waals surface area contributed by atoms with Crippen molar-refractivity contribution in [3.8, 4) is 0 Å². The molecular formula is C20H30N4O3. The molecule has 0 bridgehead atoms. The molecule has 3 aliphatic heterocycles. The summed E-state index contributed by atoms with van der Waals surface area (Å²) < 4.78 is 14.1. The van der Waals surface area contributed by atoms with Gasteiger partial charge in [0.05, 0.1) is 6.54 Å². The number of hydrogen-bond donors (Lipinski definition) is 1. The number of aromatic nitrogens is 2. The van der Waals surface area contributed by atoms with E-state index in [-0.39, 0.29) is 5.91 Å². The van der Waals surface area contributed by atoms with Crippen molar-refractivity contribution in [2.75, 3.05) is 32.8 Å². The summed E-state index contributed by atoms with van der Waals surface area (Å²) in [6.45, 7) is 5.09. The largest absolute Gasteiger partial charge is 0.381 e. The Morgan fingerprint density at radius 1 is 1.22 bits per heavy atom. The molecule has 7 heteroatoms. The first-order valence-corrected chi connectivity index (χ1v) is 10.5. The van der Waals surface area contributed by atoms with Crippen molar-refractivity contribution < 1.29 is 14.3 Å². The maximum atomic E-state index is 12.7. The molecule has 7 nitrogen and oxygen atoms in total. The zero-order valence-corrected chi connectivity index (χ0v) is 15.9. The molecule has 4 aliphatic rings. The first-order chi connectivity index (χ1) is 13.2. The topological polar surface area (TPSA) is 68.6 Å². The van der Waals surface area contributed by atoms with Gasteiger partial charge in [-0.05, 0) is 44.4 Å². The molecule has 1 atom stereocenters. The van der Waals surface area contributed by atoms with Crippen molar-refractivity contribution in [3.63, 3.8) is 0 Å². The van der Waals surface area contributed by atoms with Crippen LogP contribution in [0.15, 0.2) is 12.4 Å². The molecule has 0 unspecified atom stereocenters. The monoisotopic (exact) mass is 374 g/mol. The molecule has 148 valence electrons. The van der Waals surface area contributed by atoms with Gasteiger partial charge in [-0.3, -0.25) is 9.69 Å². The molecule has 1 aliphatic carbocycles. The number of likely N-dealkylation sites (tertiary alicyclic amines) is 1. The Morgan fingerprint density at radius 3 is 2.74 bits per heavy atom. The van der Waals surface area contributed by atoms with E-state index in [1.54, 1.807) is 0 Å². The first kappa shape index (κ1) is 17.6. The van der Waals surface area contributed by atoms with Crippen LogP contribution in [0.4, 0.5) is 0 Å². The summed E-state index contributed by atoms with van der Waals surface area (Å²) in [7, 11) is 0. The molecule has 4 heterocycles. The lowest BCUT2D eigenvalue weighted by Crippen LogP contribution is -2.55. The summed E-state index contributed by atoms with van der Waals surface area (Å²) in [5, 5.41) is 3.10. The van der Waals surface area contributed by atoms with Gasteiger partial charge in [-0.1, -0.05) is 0 Å². The van der Waals surface area contributed by atoms with E-state index in [2.05, 4.69) is 19.8 Å². The number of carbonyl (C=O) groups excluding carboxylic acids is 1. The Morgan fingerprint density at radius 2 is 2.00 bits per heavy atom. The molecule has 1 N–H and O–H groups in total. The molecule has 5 rings (SSSR count). The van der Waals surface area contributed by atoms with E-state index in [9.17, 15) is 4.79 Å². The van der Waals surface area contributed by atoms with E-state index in [0.29, 0.717) is 18.5 Å². The lowest BCUT2D eigenvalue weighted by molar-refractivity contribution is -0.175. The maximum Gasteiger partial charge on any atom is 0.251 e. The lowest BCUT2D eigenvalue weighted by Gasteiger charge is -2.47. The summed E-state index contributed by atoms with van der Waals surface area (Å²) >= 11 is 0. The zero-order valence-electron chi connectivity index (χ0n) is 15.9. The molecule has 3 fully saturated rings. The zero-order chi connectivity index (χ0) is 18.3. The molecular weight excluding hydrogens is 344 g/mol. The number of nitrogens with zero attached hydrogens (tertiary/aromatic N) is 3. The van der Waals surface area contributed by atoms with Crippen LogP contribution in [0, 0.1) is 5.92 Å². The van der Waals surface area contributed by atoms with E-state index in [1.165, 1.54) is 12.8 Å². The number of rotatable bonds is 4. The van der Waals surface area contributed by atoms with E-state index in [1.807, 2.05) is 12.4 Å². The van der Waals surface area contributed by atoms with Crippen LogP contribution in [0.1, 0.15) is 44.3 Å². The number of ether oxygens (including phenoxy) is 2. The Labute approximate surface area is 160 Å². The fourth-order valence-corrected chi connectivity index (χ4v) is 4.86. The van der Waals surface area contributed by atoms with Gasteiger partial charge in [-0.2, -0.15) is 0 Å². The number of hydrogen-bond acceptors (Lipinski definition) is 5. The van der Waals surface area contributed by atoms with Crippen LogP contribution in [-0.4, -0.2) is 65.4 Å². The number of fused-ring (bicyclic) bond motifs is 2. The van der Waals surface area contributed by atoms with Crippen molar-refractivity contribution >= 4 is 5.91 Å². The van der Waals surface area contributed by atoms with Crippen molar-refractivity contribution in [1.29, 1.82) is 0 Å². The van der Waals surface area contributed by atoms with Gasteiger partial charge in [0.15, 0.2) is 6.10 Å². The minimum Gasteiger partial charge on any atom is -0.381 e. The second-order valence-electron chi connectivity index (χ2n) is 8.57. The molecule has 27 heavy (non-hydrogen) atoms. The van der Waals surface area contributed by atoms with E-state index in [0.717, 1.165) is 64.4 Å². The van der Waals surface area contributed by atoms with Crippen molar-refractivity contribution in [3.05, 3.63) is 18.2 Å². The van der Waals surface area contributed by atoms with Crippen LogP contribution in [0.2, 0.25) is 0 Å². The molecule has 1 saturated carbocycles. The molecule has 0 aromatic carbocycles. The highest BCUT2D eigenvalue weighted by molar-refractivity contribution is 5.81. The standard InChI is InChI=1S/C20H30N4O3/c25-18(22-13-15-1-2-15)17-14-24-10-7-21-19(24)20(27-17)5-8-23(9-6-20)16-3-11-26-12-4-16/h7,10,15-17H,1-6,8-9,11-14H2,(H,22,25)/t17-/m0/s1. The number of imidazole rings is 1. The summed E-state index contributed by atoms with van der Waals surface area (Å²) in [6, 6.07) is 0.622. The summed E-state index contributed by atoms with van der Waals surface area (Å²) in [5.74, 6) is 1.71. The fourth-order valence-electron chi connectivity index (χ4n) is 4.86. The van der Waals surface area contributed by atoms with Gasteiger partial charge in [-0.25, -0.2) is 4.98 Å². The third-order valence-electron chi connectivity index (χ3n) is 6.72. The highest BCUT2D eigenvalue weighted by Crippen LogP contribution is 2.41. The van der Waals surface area contributed by atoms with Crippen LogP contribution in [0.3, 0.4) is 0 Å². The number of piperidine rings is 1. The summed E-state index contributed by atoms with van der Waals surface area (Å²) in [4.78, 5) is 19.9. The molecule has 2 saturated heterocycles. The number of carbonyl (C=O) groups is 1. The normalized spacial score (nSPS) is 28.8. The van der Waals surface area contributed by atoms with Gasteiger partial charge in [-0.15, -0.1) is 0 Å². The van der Waals surface area contributed by atoms with Gasteiger partial charge >= 0.3 is 0 Å². The van der Waals surface area contributed by atoms with Gasteiger partial charge in [0.25, 0.3) is 5.91 Å². The predicted octanol–water partition coefficient (Wildman–Crippen LogP) is 1.28. The molecule has 1 aromatic rings. The van der Waals surface area contributed by atoms with E-state index in [4.69, 9.17) is 9.47 Å². The molecule has 1 spiro atoms. The quantitative estimate of drug-likeness (QED) is 0.860. The highest BCUT2D eigenvalue weighted by atomic mass is 16.5. The average molecular weight is 374 g/mol. The smallest absolute Gasteiger partial charge is 0.251 e. The van der Waals surface area contributed by atoms with Crippen LogP contribution in [0.25, 0.3) is 0 Å². The Hall–Kier alpha value is -1.44. The lowest BCUT2D eigenvalue weighted by atomic mass is 9.87. The van der Waals surface area contributed by atoms with Gasteiger partial charge < -0.3 is 19.4 Å². The molecule has 1 aromatic heterocycles. The van der Waals surface area contributed by atoms with Gasteiger partial charge in [0, 0.05) is 51.3 Å². The molecule has 1 amide bonds. The Bertz CT molecular complexity index is 673. The predicted molar refractivity (Wildman–Crippen MR) is 99.2 cm³/mol. The van der Waals surface area contributed by atoms with Crippen LogP contribution < -0.4 is 5.32 Å². The van der Waals surface area contributed by atoms with Gasteiger partial charge in [0.2, 0.25) is 0 Å². The minimum absolute atomic E-state index is 0.0347.